The number of nitrogens with zero attached hydrogens (tertiary/aromatic N) is 1. The maximum atomic E-state index is 12.2. The molecule has 0 aliphatic carbocycles. The van der Waals surface area contributed by atoms with Crippen LogP contribution in [-0.2, 0) is 4.79 Å². The predicted molar refractivity (Wildman–Crippen MR) is 115 cm³/mol. The molecule has 10 heteroatoms. The van der Waals surface area contributed by atoms with Crippen molar-refractivity contribution in [1.82, 2.24) is 5.43 Å². The van der Waals surface area contributed by atoms with Crippen LogP contribution in [0.4, 0.5) is 5.69 Å². The average molecular weight is 467 g/mol. The van der Waals surface area contributed by atoms with Crippen LogP contribution in [0.1, 0.15) is 5.56 Å². The molecule has 2 rings (SSSR count). The molecule has 0 atom stereocenters. The highest BCUT2D eigenvalue weighted by Crippen LogP contribution is 2.36. The lowest BCUT2D eigenvalue weighted by molar-refractivity contribution is -0.118. The topological polar surface area (TPSA) is 107 Å². The third-order valence-corrected chi connectivity index (χ3v) is 4.05. The van der Waals surface area contributed by atoms with Crippen LogP contribution in [0.3, 0.4) is 0 Å². The van der Waals surface area contributed by atoms with Gasteiger partial charge in [0.1, 0.15) is 5.75 Å². The number of rotatable bonds is 8. The van der Waals surface area contributed by atoms with Crippen molar-refractivity contribution in [3.8, 4) is 17.2 Å². The fourth-order valence-corrected chi connectivity index (χ4v) is 2.82. The SMILES string of the molecule is COc1ccccc1NC(=O)COc1c(Br)cc(/C=N\NC(N)=S)cc1OC. The van der Waals surface area contributed by atoms with Gasteiger partial charge in [-0.3, -0.25) is 10.2 Å². The van der Waals surface area contributed by atoms with Gasteiger partial charge in [-0.2, -0.15) is 5.10 Å². The summed E-state index contributed by atoms with van der Waals surface area (Å²) in [6.45, 7) is -0.219. The number of ether oxygens (including phenoxy) is 3. The van der Waals surface area contributed by atoms with Gasteiger partial charge in [-0.05, 0) is 58.0 Å². The van der Waals surface area contributed by atoms with Gasteiger partial charge in [0.15, 0.2) is 23.2 Å². The highest BCUT2D eigenvalue weighted by molar-refractivity contribution is 9.10. The Bertz CT molecular complexity index is 892. The molecule has 2 aromatic rings. The molecule has 0 aliphatic heterocycles. The molecule has 4 N–H and O–H groups in total. The van der Waals surface area contributed by atoms with E-state index < -0.39 is 0 Å². The summed E-state index contributed by atoms with van der Waals surface area (Å²) in [5, 5.41) is 6.69. The second-order valence-corrected chi connectivity index (χ2v) is 6.60. The van der Waals surface area contributed by atoms with Crippen LogP contribution in [0.5, 0.6) is 17.2 Å². The number of nitrogens with one attached hydrogen (secondary N) is 2. The van der Waals surface area contributed by atoms with E-state index in [1.165, 1.54) is 20.4 Å². The Labute approximate surface area is 176 Å². The van der Waals surface area contributed by atoms with Crippen LogP contribution in [0.15, 0.2) is 46.0 Å². The number of hydrogen-bond donors (Lipinski definition) is 3. The summed E-state index contributed by atoms with van der Waals surface area (Å²) in [5.41, 5.74) is 9.04. The van der Waals surface area contributed by atoms with Crippen molar-refractivity contribution in [2.24, 2.45) is 10.8 Å². The Morgan fingerprint density at radius 2 is 1.96 bits per heavy atom. The van der Waals surface area contributed by atoms with E-state index in [0.29, 0.717) is 33.0 Å². The molecule has 0 fully saturated rings. The molecule has 0 saturated heterocycles. The molecule has 0 aromatic heterocycles. The van der Waals surface area contributed by atoms with Gasteiger partial charge < -0.3 is 25.3 Å². The van der Waals surface area contributed by atoms with Crippen molar-refractivity contribution in [3.63, 3.8) is 0 Å². The number of methoxy groups -OCH3 is 2. The van der Waals surface area contributed by atoms with Gasteiger partial charge >= 0.3 is 0 Å². The van der Waals surface area contributed by atoms with E-state index in [-0.39, 0.29) is 17.6 Å². The van der Waals surface area contributed by atoms with Crippen LogP contribution < -0.4 is 30.7 Å². The third kappa shape index (κ3) is 6.10. The van der Waals surface area contributed by atoms with Crippen LogP contribution >= 0.6 is 28.1 Å². The minimum absolute atomic E-state index is 0.0586. The summed E-state index contributed by atoms with van der Waals surface area (Å²) in [4.78, 5) is 12.2. The van der Waals surface area contributed by atoms with Crippen molar-refractivity contribution in [1.29, 1.82) is 0 Å². The predicted octanol–water partition coefficient (Wildman–Crippen LogP) is 2.65. The Morgan fingerprint density at radius 1 is 1.25 bits per heavy atom. The summed E-state index contributed by atoms with van der Waals surface area (Å²) >= 11 is 8.09. The largest absolute Gasteiger partial charge is 0.495 e. The van der Waals surface area contributed by atoms with E-state index in [2.05, 4.69) is 44.0 Å². The monoisotopic (exact) mass is 466 g/mol. The lowest BCUT2D eigenvalue weighted by Gasteiger charge is -2.14. The van der Waals surface area contributed by atoms with Gasteiger partial charge in [0, 0.05) is 0 Å². The first-order valence-electron chi connectivity index (χ1n) is 7.96. The molecule has 28 heavy (non-hydrogen) atoms. The average Bonchev–Trinajstić information content (AvgIpc) is 2.66. The van der Waals surface area contributed by atoms with E-state index in [0.717, 1.165) is 0 Å². The number of para-hydroxylation sites is 2. The van der Waals surface area contributed by atoms with E-state index in [4.69, 9.17) is 19.9 Å². The van der Waals surface area contributed by atoms with Crippen molar-refractivity contribution in [2.75, 3.05) is 26.1 Å². The van der Waals surface area contributed by atoms with E-state index >= 15 is 0 Å². The Hall–Kier alpha value is -2.85. The molecule has 0 spiro atoms. The molecule has 0 bridgehead atoms. The number of benzene rings is 2. The summed E-state index contributed by atoms with van der Waals surface area (Å²) in [7, 11) is 3.03. The Kier molecular flexibility index (Phi) is 8.02. The first-order chi connectivity index (χ1) is 13.4. The summed E-state index contributed by atoms with van der Waals surface area (Å²) in [6, 6.07) is 10.5. The third-order valence-electron chi connectivity index (χ3n) is 3.37. The number of halogens is 1. The normalized spacial score (nSPS) is 10.4. The van der Waals surface area contributed by atoms with E-state index in [1.807, 2.05) is 6.07 Å². The number of thiocarbonyl (C=S) groups is 1. The fraction of sp³-hybridized carbons (Fsp3) is 0.167. The second kappa shape index (κ2) is 10.5. The van der Waals surface area contributed by atoms with Gasteiger partial charge in [-0.25, -0.2) is 0 Å². The van der Waals surface area contributed by atoms with Gasteiger partial charge in [0.25, 0.3) is 5.91 Å². The molecule has 0 aliphatic rings. The summed E-state index contributed by atoms with van der Waals surface area (Å²) in [5.74, 6) is 1.03. The van der Waals surface area contributed by atoms with Crippen LogP contribution in [-0.4, -0.2) is 38.1 Å². The van der Waals surface area contributed by atoms with Gasteiger partial charge in [-0.1, -0.05) is 12.1 Å². The molecule has 0 saturated carbocycles. The summed E-state index contributed by atoms with van der Waals surface area (Å²) < 4.78 is 16.8. The number of carbonyl (C=O) groups excluding carboxylic acids is 1. The molecule has 0 unspecified atom stereocenters. The molecule has 0 heterocycles. The zero-order valence-electron chi connectivity index (χ0n) is 15.2. The van der Waals surface area contributed by atoms with Crippen molar-refractivity contribution >= 4 is 51.1 Å². The molecular weight excluding hydrogens is 448 g/mol. The van der Waals surface area contributed by atoms with Gasteiger partial charge in [0.05, 0.1) is 30.6 Å². The molecular formula is C18H19BrN4O4S. The van der Waals surface area contributed by atoms with Crippen LogP contribution in [0.2, 0.25) is 0 Å². The first-order valence-corrected chi connectivity index (χ1v) is 9.16. The fourth-order valence-electron chi connectivity index (χ4n) is 2.20. The minimum Gasteiger partial charge on any atom is -0.495 e. The lowest BCUT2D eigenvalue weighted by atomic mass is 10.2. The smallest absolute Gasteiger partial charge is 0.262 e. The maximum Gasteiger partial charge on any atom is 0.262 e. The molecule has 148 valence electrons. The molecule has 1 amide bonds. The highest BCUT2D eigenvalue weighted by atomic mass is 79.9. The van der Waals surface area contributed by atoms with Gasteiger partial charge in [-0.15, -0.1) is 0 Å². The van der Waals surface area contributed by atoms with E-state index in [9.17, 15) is 4.79 Å². The number of anilines is 1. The summed E-state index contributed by atoms with van der Waals surface area (Å²) in [6.07, 6.45) is 1.52. The van der Waals surface area contributed by atoms with Gasteiger partial charge in [0.2, 0.25) is 0 Å². The Balaban J connectivity index is 2.07. The first kappa shape index (κ1) is 21.5. The quantitative estimate of drug-likeness (QED) is 0.311. The molecule has 2 aromatic carbocycles. The molecule has 0 radical (unpaired) electrons. The lowest BCUT2D eigenvalue weighted by Crippen LogP contribution is -2.24. The number of carbonyl (C=O) groups is 1. The maximum absolute atomic E-state index is 12.2. The van der Waals surface area contributed by atoms with Crippen LogP contribution in [0.25, 0.3) is 0 Å². The standard InChI is InChI=1S/C18H19BrN4O4S/c1-25-14-6-4-3-5-13(14)22-16(24)10-27-17-12(19)7-11(8-15(17)26-2)9-21-23-18(20)28/h3-9H,10H2,1-2H3,(H,22,24)(H3,20,23,28)/b21-9-. The Morgan fingerprint density at radius 3 is 2.64 bits per heavy atom. The number of nitrogens with two attached hydrogens (primary N) is 1. The zero-order valence-corrected chi connectivity index (χ0v) is 17.6. The highest BCUT2D eigenvalue weighted by Gasteiger charge is 2.14. The molecule has 8 nitrogen and oxygen atoms in total. The minimum atomic E-state index is -0.343. The second-order valence-electron chi connectivity index (χ2n) is 5.31. The van der Waals surface area contributed by atoms with Crippen LogP contribution in [0, 0.1) is 0 Å². The van der Waals surface area contributed by atoms with E-state index in [1.54, 1.807) is 30.3 Å². The van der Waals surface area contributed by atoms with Crippen molar-refractivity contribution < 1.29 is 19.0 Å². The number of amides is 1. The number of hydrazone groups is 1. The number of hydrogen-bond acceptors (Lipinski definition) is 6. The van der Waals surface area contributed by atoms with Crippen molar-refractivity contribution in [2.45, 2.75) is 0 Å². The van der Waals surface area contributed by atoms with Crippen molar-refractivity contribution in [3.05, 3.63) is 46.4 Å². The zero-order chi connectivity index (χ0) is 20.5.